The third-order valence-corrected chi connectivity index (χ3v) is 7.74. The summed E-state index contributed by atoms with van der Waals surface area (Å²) in [5.41, 5.74) is 3.58. The highest BCUT2D eigenvalue weighted by molar-refractivity contribution is 7.92. The molecule has 0 aliphatic carbocycles. The molecule has 0 radical (unpaired) electrons. The van der Waals surface area contributed by atoms with Gasteiger partial charge < -0.3 is 9.47 Å². The second kappa shape index (κ2) is 13.8. The maximum atomic E-state index is 14.6. The molecule has 212 valence electrons. The van der Waals surface area contributed by atoms with E-state index in [1.165, 1.54) is 36.5 Å². The predicted molar refractivity (Wildman–Crippen MR) is 157 cm³/mol. The molecule has 8 nitrogen and oxygen atoms in total. The molecule has 41 heavy (non-hydrogen) atoms. The van der Waals surface area contributed by atoms with Crippen LogP contribution >= 0.6 is 11.6 Å². The smallest absolute Gasteiger partial charge is 0.264 e. The highest BCUT2D eigenvalue weighted by Crippen LogP contribution is 2.29. The first-order chi connectivity index (χ1) is 19.8. The molecule has 4 aromatic carbocycles. The molecular formula is C30H27ClFN3O5S. The summed E-state index contributed by atoms with van der Waals surface area (Å²) in [5.74, 6) is -0.548. The van der Waals surface area contributed by atoms with Crippen molar-refractivity contribution in [1.82, 2.24) is 5.43 Å². The average molecular weight is 596 g/mol. The zero-order chi connectivity index (χ0) is 29.2. The summed E-state index contributed by atoms with van der Waals surface area (Å²) in [7, 11) is -4.25. The average Bonchev–Trinajstić information content (AvgIpc) is 2.97. The Morgan fingerprint density at radius 1 is 0.951 bits per heavy atom. The highest BCUT2D eigenvalue weighted by Gasteiger charge is 2.29. The Bertz CT molecular complexity index is 1620. The summed E-state index contributed by atoms with van der Waals surface area (Å²) in [6, 6.07) is 25.3. The van der Waals surface area contributed by atoms with Gasteiger partial charge in [0, 0.05) is 5.02 Å². The van der Waals surface area contributed by atoms with E-state index in [1.807, 2.05) is 19.1 Å². The van der Waals surface area contributed by atoms with Crippen molar-refractivity contribution >= 4 is 39.4 Å². The lowest BCUT2D eigenvalue weighted by Gasteiger charge is -2.24. The summed E-state index contributed by atoms with van der Waals surface area (Å²) in [4.78, 5) is 12.7. The summed E-state index contributed by atoms with van der Waals surface area (Å²) >= 11 is 5.93. The molecule has 11 heteroatoms. The fourth-order valence-electron chi connectivity index (χ4n) is 3.75. The summed E-state index contributed by atoms with van der Waals surface area (Å²) in [6.07, 6.45) is 1.38. The van der Waals surface area contributed by atoms with Crippen LogP contribution in [-0.4, -0.2) is 33.7 Å². The van der Waals surface area contributed by atoms with E-state index >= 15 is 0 Å². The second-order valence-corrected chi connectivity index (χ2v) is 10.9. The summed E-state index contributed by atoms with van der Waals surface area (Å²) in [6.45, 7) is 1.85. The minimum absolute atomic E-state index is 0.0821. The number of ether oxygens (including phenoxy) is 2. The van der Waals surface area contributed by atoms with E-state index in [4.69, 9.17) is 21.1 Å². The lowest BCUT2D eigenvalue weighted by atomic mass is 10.2. The molecule has 0 aliphatic rings. The Labute approximate surface area is 243 Å². The topological polar surface area (TPSA) is 97.3 Å². The zero-order valence-electron chi connectivity index (χ0n) is 22.0. The van der Waals surface area contributed by atoms with Gasteiger partial charge in [-0.2, -0.15) is 5.10 Å². The van der Waals surface area contributed by atoms with Gasteiger partial charge in [0.05, 0.1) is 23.4 Å². The molecule has 0 atom stereocenters. The van der Waals surface area contributed by atoms with Gasteiger partial charge in [0.15, 0.2) is 11.5 Å². The van der Waals surface area contributed by atoms with Crippen LogP contribution in [0.3, 0.4) is 0 Å². The molecule has 4 rings (SSSR count). The first kappa shape index (κ1) is 29.6. The molecule has 0 saturated heterocycles. The Hall–Kier alpha value is -4.41. The molecule has 0 spiro atoms. The van der Waals surface area contributed by atoms with Gasteiger partial charge in [-0.05, 0) is 72.6 Å². The van der Waals surface area contributed by atoms with Crippen molar-refractivity contribution < 1.29 is 27.1 Å². The number of carbonyl (C=O) groups excluding carboxylic acids is 1. The number of nitrogens with one attached hydrogen (secondary N) is 1. The van der Waals surface area contributed by atoms with Gasteiger partial charge in [-0.1, -0.05) is 54.1 Å². The summed E-state index contributed by atoms with van der Waals surface area (Å²) < 4.78 is 53.6. The number of para-hydroxylation sites is 1. The number of sulfonamides is 1. The van der Waals surface area contributed by atoms with E-state index in [-0.39, 0.29) is 10.6 Å². The van der Waals surface area contributed by atoms with Crippen LogP contribution < -0.4 is 19.2 Å². The van der Waals surface area contributed by atoms with Gasteiger partial charge >= 0.3 is 0 Å². The largest absolute Gasteiger partial charge is 0.490 e. The van der Waals surface area contributed by atoms with Crippen molar-refractivity contribution in [3.05, 3.63) is 119 Å². The Morgan fingerprint density at radius 3 is 2.37 bits per heavy atom. The number of carbonyl (C=O) groups is 1. The Balaban J connectivity index is 1.46. The van der Waals surface area contributed by atoms with Crippen LogP contribution in [0.5, 0.6) is 11.5 Å². The lowest BCUT2D eigenvalue weighted by Crippen LogP contribution is -2.40. The van der Waals surface area contributed by atoms with Crippen LogP contribution in [0.4, 0.5) is 10.1 Å². The van der Waals surface area contributed by atoms with Crippen molar-refractivity contribution in [1.29, 1.82) is 0 Å². The lowest BCUT2D eigenvalue weighted by molar-refractivity contribution is -0.119. The fraction of sp³-hybridized carbons (Fsp3) is 0.133. The van der Waals surface area contributed by atoms with Crippen LogP contribution in [0.1, 0.15) is 18.1 Å². The number of benzene rings is 4. The Kier molecular flexibility index (Phi) is 9.94. The second-order valence-electron chi connectivity index (χ2n) is 8.62. The number of rotatable bonds is 12. The minimum Gasteiger partial charge on any atom is -0.490 e. The van der Waals surface area contributed by atoms with Crippen molar-refractivity contribution in [2.45, 2.75) is 18.4 Å². The van der Waals surface area contributed by atoms with Gasteiger partial charge in [-0.15, -0.1) is 0 Å². The monoisotopic (exact) mass is 595 g/mol. The van der Waals surface area contributed by atoms with E-state index in [0.717, 1.165) is 11.6 Å². The van der Waals surface area contributed by atoms with Gasteiger partial charge in [0.25, 0.3) is 15.9 Å². The normalized spacial score (nSPS) is 11.3. The third-order valence-electron chi connectivity index (χ3n) is 5.72. The molecular weight excluding hydrogens is 569 g/mol. The van der Waals surface area contributed by atoms with E-state index in [0.29, 0.717) is 39.6 Å². The molecule has 0 unspecified atom stereocenters. The molecule has 4 aromatic rings. The standard InChI is InChI=1S/C30H27ClFN3O5S/c1-2-39-29-18-23(14-17-28(29)40-21-22-12-15-24(31)16-13-22)19-33-34-30(36)20-35(27-11-7-6-10-26(27)32)41(37,38)25-8-4-3-5-9-25/h3-19H,2,20-21H2,1H3,(H,34,36)/b33-19-. The molecule has 1 N–H and O–H groups in total. The van der Waals surface area contributed by atoms with Crippen molar-refractivity contribution in [3.8, 4) is 11.5 Å². The number of amides is 1. The minimum atomic E-state index is -4.25. The van der Waals surface area contributed by atoms with Crippen molar-refractivity contribution in [2.24, 2.45) is 5.10 Å². The predicted octanol–water partition coefficient (Wildman–Crippen LogP) is 5.80. The summed E-state index contributed by atoms with van der Waals surface area (Å²) in [5, 5.41) is 4.59. The van der Waals surface area contributed by atoms with E-state index in [9.17, 15) is 17.6 Å². The van der Waals surface area contributed by atoms with Crippen LogP contribution in [-0.2, 0) is 21.4 Å². The first-order valence-electron chi connectivity index (χ1n) is 12.6. The SMILES string of the molecule is CCOc1cc(/C=N\NC(=O)CN(c2ccccc2F)S(=O)(=O)c2ccccc2)ccc1OCc1ccc(Cl)cc1. The third kappa shape index (κ3) is 7.84. The zero-order valence-corrected chi connectivity index (χ0v) is 23.6. The van der Waals surface area contributed by atoms with Gasteiger partial charge in [0.2, 0.25) is 0 Å². The highest BCUT2D eigenvalue weighted by atomic mass is 35.5. The maximum Gasteiger partial charge on any atom is 0.264 e. The number of nitrogens with zero attached hydrogens (tertiary/aromatic N) is 2. The van der Waals surface area contributed by atoms with Gasteiger partial charge in [0.1, 0.15) is 19.0 Å². The molecule has 0 fully saturated rings. The number of hydrogen-bond donors (Lipinski definition) is 1. The molecule has 1 amide bonds. The van der Waals surface area contributed by atoms with Crippen LogP contribution in [0.25, 0.3) is 0 Å². The van der Waals surface area contributed by atoms with E-state index in [1.54, 1.807) is 48.5 Å². The number of hydrogen-bond acceptors (Lipinski definition) is 6. The molecule has 0 bridgehead atoms. The van der Waals surface area contributed by atoms with Crippen molar-refractivity contribution in [3.63, 3.8) is 0 Å². The van der Waals surface area contributed by atoms with E-state index in [2.05, 4.69) is 10.5 Å². The molecule has 0 aromatic heterocycles. The Morgan fingerprint density at radius 2 is 1.66 bits per heavy atom. The quantitative estimate of drug-likeness (QED) is 0.165. The molecule has 0 aliphatic heterocycles. The first-order valence-corrected chi connectivity index (χ1v) is 14.4. The number of anilines is 1. The molecule has 0 heterocycles. The number of hydrazone groups is 1. The van der Waals surface area contributed by atoms with Crippen molar-refractivity contribution in [2.75, 3.05) is 17.5 Å². The fourth-order valence-corrected chi connectivity index (χ4v) is 5.33. The maximum absolute atomic E-state index is 14.6. The molecule has 0 saturated carbocycles. The number of halogens is 2. The van der Waals surface area contributed by atoms with Crippen LogP contribution in [0, 0.1) is 5.82 Å². The van der Waals surface area contributed by atoms with Gasteiger partial charge in [-0.25, -0.2) is 18.2 Å². The van der Waals surface area contributed by atoms with Gasteiger partial charge in [-0.3, -0.25) is 9.10 Å². The van der Waals surface area contributed by atoms with Crippen LogP contribution in [0.15, 0.2) is 107 Å². The van der Waals surface area contributed by atoms with Crippen LogP contribution in [0.2, 0.25) is 5.02 Å². The van der Waals surface area contributed by atoms with E-state index < -0.39 is 28.3 Å².